The number of benzene rings is 2. The van der Waals surface area contributed by atoms with E-state index in [9.17, 15) is 24.6 Å². The Bertz CT molecular complexity index is 1110. The Labute approximate surface area is 230 Å². The van der Waals surface area contributed by atoms with Crippen molar-refractivity contribution in [2.45, 2.75) is 17.4 Å². The Hall–Kier alpha value is -1.85. The number of aliphatic carboxylic acids is 2. The van der Waals surface area contributed by atoms with Crippen LogP contribution >= 0.6 is 23.5 Å². The van der Waals surface area contributed by atoms with E-state index in [0.29, 0.717) is 17.2 Å². The minimum Gasteiger partial charge on any atom is -0.550 e. The number of rotatable bonds is 11. The molecule has 1 amide bonds. The zero-order chi connectivity index (χ0) is 22.9. The summed E-state index contributed by atoms with van der Waals surface area (Å²) in [6, 6.07) is 18.2. The maximum Gasteiger partial charge on any atom is 1.00 e. The standard InChI is InChI=1S/C23H22N2O5S2.2Li/c26-20(27)10-12-31-23(32-13-11-21(28)29)16-5-3-6-17(14-16)24-22(30)19-9-8-15-4-1-2-7-18(15)25-19;;/h1-9,14,23H,10-13H2,(H,24,30)(H,26,27)(H,28,29);;/q;2*+1/p-2. The van der Waals surface area contributed by atoms with Gasteiger partial charge < -0.3 is 25.1 Å². The van der Waals surface area contributed by atoms with Crippen molar-refractivity contribution in [3.8, 4) is 0 Å². The third-order valence-electron chi connectivity index (χ3n) is 4.40. The molecule has 1 aromatic heterocycles. The Morgan fingerprint density at radius 1 is 0.853 bits per heavy atom. The number of nitrogens with zero attached hydrogens (tertiary/aromatic N) is 1. The molecule has 0 unspecified atom stereocenters. The average molecular weight is 482 g/mol. The summed E-state index contributed by atoms with van der Waals surface area (Å²) in [6.45, 7) is 0. The Morgan fingerprint density at radius 2 is 1.50 bits per heavy atom. The smallest absolute Gasteiger partial charge is 0.550 e. The zero-order valence-corrected chi connectivity index (χ0v) is 20.6. The normalized spacial score (nSPS) is 10.3. The molecule has 0 radical (unpaired) electrons. The number of carbonyl (C=O) groups excluding carboxylic acids is 3. The number of para-hydroxylation sites is 1. The molecule has 0 saturated heterocycles. The van der Waals surface area contributed by atoms with Gasteiger partial charge in [-0.05, 0) is 54.2 Å². The number of anilines is 1. The number of pyridine rings is 1. The first-order valence-corrected chi connectivity index (χ1v) is 11.9. The summed E-state index contributed by atoms with van der Waals surface area (Å²) in [5.74, 6) is -1.98. The first-order chi connectivity index (χ1) is 15.4. The number of hydrogen-bond donors (Lipinski definition) is 1. The van der Waals surface area contributed by atoms with Crippen LogP contribution in [0.1, 0.15) is 33.5 Å². The molecule has 1 heterocycles. The third-order valence-corrected chi connectivity index (χ3v) is 7.24. The fraction of sp³-hybridized carbons (Fsp3) is 0.217. The van der Waals surface area contributed by atoms with Crippen molar-refractivity contribution in [3.05, 3.63) is 71.9 Å². The molecule has 7 nitrogen and oxygen atoms in total. The zero-order valence-electron chi connectivity index (χ0n) is 19.0. The van der Waals surface area contributed by atoms with Crippen molar-refractivity contribution in [1.82, 2.24) is 4.98 Å². The van der Waals surface area contributed by atoms with Crippen LogP contribution in [0.25, 0.3) is 10.9 Å². The monoisotopic (exact) mass is 482 g/mol. The van der Waals surface area contributed by atoms with Crippen LogP contribution in [0.4, 0.5) is 5.69 Å². The van der Waals surface area contributed by atoms with Gasteiger partial charge in [-0.1, -0.05) is 36.4 Å². The van der Waals surface area contributed by atoms with Crippen LogP contribution in [0.2, 0.25) is 0 Å². The van der Waals surface area contributed by atoms with E-state index in [1.165, 1.54) is 23.5 Å². The second kappa shape index (κ2) is 15.2. The summed E-state index contributed by atoms with van der Waals surface area (Å²) in [5, 5.41) is 25.3. The van der Waals surface area contributed by atoms with E-state index >= 15 is 0 Å². The Kier molecular flexibility index (Phi) is 13.5. The van der Waals surface area contributed by atoms with Crippen LogP contribution in [0.5, 0.6) is 0 Å². The number of fused-ring (bicyclic) bond motifs is 1. The van der Waals surface area contributed by atoms with E-state index < -0.39 is 11.9 Å². The predicted octanol–water partition coefficient (Wildman–Crippen LogP) is -3.76. The van der Waals surface area contributed by atoms with Crippen LogP contribution < -0.4 is 53.3 Å². The summed E-state index contributed by atoms with van der Waals surface area (Å²) < 4.78 is -0.204. The molecule has 0 aliphatic carbocycles. The topological polar surface area (TPSA) is 122 Å². The largest absolute Gasteiger partial charge is 1.00 e. The Morgan fingerprint density at radius 3 is 2.15 bits per heavy atom. The number of carboxylic acids is 2. The van der Waals surface area contributed by atoms with Gasteiger partial charge in [0.2, 0.25) is 0 Å². The summed E-state index contributed by atoms with van der Waals surface area (Å²) in [7, 11) is 0. The van der Waals surface area contributed by atoms with Gasteiger partial charge in [0.05, 0.1) is 10.1 Å². The molecule has 0 aliphatic rings. The molecular formula is C23H20Li2N2O5S2. The molecule has 0 atom stereocenters. The van der Waals surface area contributed by atoms with Crippen LogP contribution in [0.15, 0.2) is 60.7 Å². The van der Waals surface area contributed by atoms with Gasteiger partial charge in [-0.3, -0.25) is 4.79 Å². The van der Waals surface area contributed by atoms with Crippen molar-refractivity contribution < 1.29 is 62.3 Å². The summed E-state index contributed by atoms with van der Waals surface area (Å²) in [5.41, 5.74) is 2.41. The SMILES string of the molecule is O=C([O-])CCSC(SCCC(=O)[O-])c1cccc(NC(=O)c2ccc3ccccc3n2)c1.[Li+].[Li+]. The molecule has 0 saturated carbocycles. The van der Waals surface area contributed by atoms with Gasteiger partial charge in [-0.25, -0.2) is 4.98 Å². The van der Waals surface area contributed by atoms with Gasteiger partial charge in [-0.2, -0.15) is 0 Å². The van der Waals surface area contributed by atoms with Crippen molar-refractivity contribution in [2.24, 2.45) is 0 Å². The molecule has 0 aliphatic heterocycles. The van der Waals surface area contributed by atoms with Crippen molar-refractivity contribution in [2.75, 3.05) is 16.8 Å². The number of amides is 1. The molecular weight excluding hydrogens is 462 g/mol. The molecule has 0 bridgehead atoms. The van der Waals surface area contributed by atoms with Crippen LogP contribution in [0, 0.1) is 0 Å². The predicted molar refractivity (Wildman–Crippen MR) is 123 cm³/mol. The molecule has 2 aromatic carbocycles. The fourth-order valence-electron chi connectivity index (χ4n) is 2.89. The number of carbonyl (C=O) groups is 3. The van der Waals surface area contributed by atoms with Gasteiger partial charge in [0.15, 0.2) is 0 Å². The van der Waals surface area contributed by atoms with E-state index in [2.05, 4.69) is 10.3 Å². The maximum atomic E-state index is 12.7. The molecule has 0 fully saturated rings. The molecule has 34 heavy (non-hydrogen) atoms. The third kappa shape index (κ3) is 9.42. The number of carboxylic acid groups (broad SMARTS) is 2. The van der Waals surface area contributed by atoms with Crippen molar-refractivity contribution >= 4 is 58.0 Å². The summed E-state index contributed by atoms with van der Waals surface area (Å²) in [4.78, 5) is 38.6. The minimum atomic E-state index is -1.14. The molecule has 0 spiro atoms. The average Bonchev–Trinajstić information content (AvgIpc) is 2.77. The summed E-state index contributed by atoms with van der Waals surface area (Å²) >= 11 is 2.77. The summed E-state index contributed by atoms with van der Waals surface area (Å²) in [6.07, 6.45) is -0.210. The number of aromatic nitrogens is 1. The van der Waals surface area contributed by atoms with E-state index in [-0.39, 0.29) is 66.7 Å². The maximum absolute atomic E-state index is 12.7. The van der Waals surface area contributed by atoms with Gasteiger partial charge >= 0.3 is 37.7 Å². The van der Waals surface area contributed by atoms with Gasteiger partial charge in [0.25, 0.3) is 5.91 Å². The first-order valence-electron chi connectivity index (χ1n) is 9.82. The second-order valence-electron chi connectivity index (χ2n) is 6.79. The second-order valence-corrected chi connectivity index (χ2v) is 9.51. The van der Waals surface area contributed by atoms with Crippen LogP contribution in [-0.4, -0.2) is 34.3 Å². The van der Waals surface area contributed by atoms with Gasteiger partial charge in [0.1, 0.15) is 5.69 Å². The van der Waals surface area contributed by atoms with Gasteiger partial charge in [-0.15, -0.1) is 23.5 Å². The molecule has 11 heteroatoms. The fourth-order valence-corrected chi connectivity index (χ4v) is 5.53. The minimum absolute atomic E-state index is 0. The Balaban J connectivity index is 0.00000289. The van der Waals surface area contributed by atoms with Gasteiger partial charge in [0, 0.05) is 23.0 Å². The quantitative estimate of drug-likeness (QED) is 0.219. The molecule has 3 aromatic rings. The van der Waals surface area contributed by atoms with Crippen molar-refractivity contribution in [1.29, 1.82) is 0 Å². The van der Waals surface area contributed by atoms with Crippen LogP contribution in [-0.2, 0) is 9.59 Å². The van der Waals surface area contributed by atoms with Crippen molar-refractivity contribution in [3.63, 3.8) is 0 Å². The van der Waals surface area contributed by atoms with E-state index in [0.717, 1.165) is 16.5 Å². The van der Waals surface area contributed by atoms with Crippen LogP contribution in [0.3, 0.4) is 0 Å². The molecule has 1 N–H and O–H groups in total. The van der Waals surface area contributed by atoms with E-state index in [4.69, 9.17) is 0 Å². The number of thioether (sulfide) groups is 2. The molecule has 3 rings (SSSR count). The number of nitrogens with one attached hydrogen (secondary N) is 1. The van der Waals surface area contributed by atoms with E-state index in [1.54, 1.807) is 24.3 Å². The molecule has 166 valence electrons. The number of hydrogen-bond acceptors (Lipinski definition) is 8. The van der Waals surface area contributed by atoms with E-state index in [1.807, 2.05) is 36.4 Å². The first kappa shape index (κ1) is 30.2.